The minimum Gasteiger partial charge on any atom is -0.302 e. The molecule has 0 saturated carbocycles. The van der Waals surface area contributed by atoms with E-state index in [0.717, 1.165) is 5.88 Å². The molecule has 1 radical (unpaired) electrons. The van der Waals surface area contributed by atoms with E-state index < -0.39 is 0 Å². The summed E-state index contributed by atoms with van der Waals surface area (Å²) >= 11 is 6.45. The van der Waals surface area contributed by atoms with Crippen molar-refractivity contribution in [3.05, 3.63) is 11.6 Å². The molecule has 6 heavy (non-hydrogen) atoms. The lowest BCUT2D eigenvalue weighted by Gasteiger charge is -1.97. The maximum absolute atomic E-state index is 4.73. The Hall–Kier alpha value is 0.240. The Kier molecular flexibility index (Phi) is 1.32. The van der Waals surface area contributed by atoms with E-state index in [1.165, 1.54) is 0 Å². The number of rotatable bonds is 0. The van der Waals surface area contributed by atoms with Crippen molar-refractivity contribution >= 4 is 24.6 Å². The van der Waals surface area contributed by atoms with Crippen LogP contribution in [0.4, 0.5) is 0 Å². The lowest BCUT2D eigenvalue weighted by molar-refractivity contribution is 0.771. The maximum atomic E-state index is 4.73. The first-order chi connectivity index (χ1) is 2.89. The summed E-state index contributed by atoms with van der Waals surface area (Å²) in [5.41, 5.74) is 0. The van der Waals surface area contributed by atoms with Crippen LogP contribution < -0.4 is 0 Å². The predicted molar refractivity (Wildman–Crippen MR) is 31.0 cm³/mol. The first-order valence-corrected chi connectivity index (χ1v) is 3.03. The molecule has 1 aliphatic heterocycles. The summed E-state index contributed by atoms with van der Waals surface area (Å²) in [7, 11) is 0. The zero-order chi connectivity index (χ0) is 4.41. The van der Waals surface area contributed by atoms with E-state index >= 15 is 0 Å². The molecule has 1 aliphatic rings. The van der Waals surface area contributed by atoms with Gasteiger partial charge >= 0.3 is 0 Å². The Labute approximate surface area is 46.9 Å². The van der Waals surface area contributed by atoms with Crippen LogP contribution in [0.15, 0.2) is 11.6 Å². The molecule has 0 aromatic rings. The average molecular weight is 118 g/mol. The molecule has 0 fully saturated rings. The first kappa shape index (κ1) is 4.40. The van der Waals surface area contributed by atoms with E-state index in [-0.39, 0.29) is 0 Å². The van der Waals surface area contributed by atoms with Crippen LogP contribution in [-0.4, -0.2) is 10.2 Å². The molecule has 3 heteroatoms. The number of thioether (sulfide) groups is 1. The van der Waals surface area contributed by atoms with E-state index in [4.69, 9.17) is 12.8 Å². The van der Waals surface area contributed by atoms with Crippen LogP contribution in [0.1, 0.15) is 0 Å². The molecule has 0 aromatic heterocycles. The minimum absolute atomic E-state index is 0.940. The van der Waals surface area contributed by atoms with E-state index in [1.54, 1.807) is 16.1 Å². The molecular weight excluding hydrogens is 114 g/mol. The van der Waals surface area contributed by atoms with Crippen LogP contribution in [0.3, 0.4) is 0 Å². The Morgan fingerprint density at radius 3 is 2.83 bits per heavy atom. The Balaban J connectivity index is 2.38. The molecule has 0 unspecified atom stereocenters. The molecule has 1 rings (SSSR count). The van der Waals surface area contributed by atoms with E-state index in [2.05, 4.69) is 0 Å². The van der Waals surface area contributed by atoms with Crippen molar-refractivity contribution in [1.29, 1.82) is 0 Å². The molecular formula is C3H4NS2. The van der Waals surface area contributed by atoms with Gasteiger partial charge in [-0.3, -0.25) is 0 Å². The lowest BCUT2D eigenvalue weighted by atomic mass is 11.0. The molecule has 0 N–H and O–H groups in total. The van der Waals surface area contributed by atoms with Crippen LogP contribution in [0, 0.1) is 0 Å². The van der Waals surface area contributed by atoms with Gasteiger partial charge in [-0.05, 0) is 5.41 Å². The number of hydrogen-bond donors (Lipinski definition) is 0. The molecule has 0 spiro atoms. The highest BCUT2D eigenvalue weighted by molar-refractivity contribution is 8.02. The quantitative estimate of drug-likeness (QED) is 0.475. The number of hydrogen-bond acceptors (Lipinski definition) is 2. The van der Waals surface area contributed by atoms with Gasteiger partial charge in [-0.25, -0.2) is 0 Å². The van der Waals surface area contributed by atoms with Gasteiger partial charge in [-0.15, -0.1) is 11.8 Å². The van der Waals surface area contributed by atoms with Gasteiger partial charge in [-0.2, -0.15) is 0 Å². The van der Waals surface area contributed by atoms with E-state index in [0.29, 0.717) is 0 Å². The van der Waals surface area contributed by atoms with Gasteiger partial charge in [0.15, 0.2) is 0 Å². The Morgan fingerprint density at radius 2 is 2.67 bits per heavy atom. The fourth-order valence-corrected chi connectivity index (χ4v) is 1.14. The van der Waals surface area contributed by atoms with Gasteiger partial charge in [0.25, 0.3) is 0 Å². The van der Waals surface area contributed by atoms with Crippen molar-refractivity contribution < 1.29 is 0 Å². The molecule has 0 bridgehead atoms. The van der Waals surface area contributed by atoms with Crippen molar-refractivity contribution in [1.82, 2.24) is 4.31 Å². The maximum Gasteiger partial charge on any atom is 0.0793 e. The van der Waals surface area contributed by atoms with Gasteiger partial charge in [0, 0.05) is 19.0 Å². The summed E-state index contributed by atoms with van der Waals surface area (Å²) in [6.45, 7) is 0. The molecule has 0 aromatic carbocycles. The standard InChI is InChI=1S/C3H4NS2/c5-4-1-2-6-3-4/h1-2H,3H2. The van der Waals surface area contributed by atoms with Crippen molar-refractivity contribution in [2.45, 2.75) is 0 Å². The molecule has 33 valence electrons. The molecule has 0 atom stereocenters. The van der Waals surface area contributed by atoms with Crippen LogP contribution in [0.2, 0.25) is 0 Å². The topological polar surface area (TPSA) is 3.24 Å². The van der Waals surface area contributed by atoms with Crippen LogP contribution >= 0.6 is 24.6 Å². The Morgan fingerprint density at radius 1 is 1.83 bits per heavy atom. The fraction of sp³-hybridized carbons (Fsp3) is 0.333. The van der Waals surface area contributed by atoms with Crippen molar-refractivity contribution in [2.75, 3.05) is 5.88 Å². The lowest BCUT2D eigenvalue weighted by Crippen LogP contribution is -1.93. The molecule has 0 aliphatic carbocycles. The average Bonchev–Trinajstić information content (AvgIpc) is 1.86. The van der Waals surface area contributed by atoms with Crippen molar-refractivity contribution in [3.8, 4) is 0 Å². The molecule has 0 amide bonds. The van der Waals surface area contributed by atoms with Gasteiger partial charge in [0.2, 0.25) is 0 Å². The smallest absolute Gasteiger partial charge is 0.0793 e. The van der Waals surface area contributed by atoms with Crippen LogP contribution in [0.25, 0.3) is 0 Å². The van der Waals surface area contributed by atoms with Gasteiger partial charge in [0.05, 0.1) is 5.88 Å². The van der Waals surface area contributed by atoms with E-state index in [9.17, 15) is 0 Å². The van der Waals surface area contributed by atoms with E-state index in [1.807, 2.05) is 11.6 Å². The highest BCUT2D eigenvalue weighted by atomic mass is 32.2. The van der Waals surface area contributed by atoms with Gasteiger partial charge in [-0.1, -0.05) is 0 Å². The third kappa shape index (κ3) is 0.849. The molecule has 1 nitrogen and oxygen atoms in total. The summed E-state index contributed by atoms with van der Waals surface area (Å²) in [5.74, 6) is 0.940. The third-order valence-electron chi connectivity index (χ3n) is 0.525. The SMILES string of the molecule is [S]N1C=CSC1. The van der Waals surface area contributed by atoms with Crippen LogP contribution in [-0.2, 0) is 0 Å². The third-order valence-corrected chi connectivity index (χ3v) is 1.68. The summed E-state index contributed by atoms with van der Waals surface area (Å²) < 4.78 is 1.73. The summed E-state index contributed by atoms with van der Waals surface area (Å²) in [6, 6.07) is 0. The highest BCUT2D eigenvalue weighted by Gasteiger charge is 1.95. The minimum atomic E-state index is 0.940. The van der Waals surface area contributed by atoms with Crippen molar-refractivity contribution in [3.63, 3.8) is 0 Å². The summed E-state index contributed by atoms with van der Waals surface area (Å²) in [6.07, 6.45) is 1.89. The monoisotopic (exact) mass is 118 g/mol. The second kappa shape index (κ2) is 1.80. The zero-order valence-corrected chi connectivity index (χ0v) is 4.76. The number of nitrogens with zero attached hydrogens (tertiary/aromatic N) is 1. The summed E-state index contributed by atoms with van der Waals surface area (Å²) in [4.78, 5) is 0. The molecule has 1 heterocycles. The highest BCUT2D eigenvalue weighted by Crippen LogP contribution is 2.15. The zero-order valence-electron chi connectivity index (χ0n) is 3.13. The second-order valence-corrected chi connectivity index (χ2v) is 2.33. The summed E-state index contributed by atoms with van der Waals surface area (Å²) in [5, 5.41) is 1.99. The fourth-order valence-electron chi connectivity index (χ4n) is 0.270. The second-order valence-electron chi connectivity index (χ2n) is 0.998. The first-order valence-electron chi connectivity index (χ1n) is 1.61. The van der Waals surface area contributed by atoms with Gasteiger partial charge in [0.1, 0.15) is 0 Å². The van der Waals surface area contributed by atoms with Crippen LogP contribution in [0.5, 0.6) is 0 Å². The van der Waals surface area contributed by atoms with Crippen molar-refractivity contribution in [2.24, 2.45) is 0 Å². The van der Waals surface area contributed by atoms with Gasteiger partial charge < -0.3 is 4.31 Å². The predicted octanol–water partition coefficient (Wildman–Crippen LogP) is 1.58. The largest absolute Gasteiger partial charge is 0.302 e. The normalized spacial score (nSPS) is 19.8. The Bertz CT molecular complexity index is 71.2. The molecule has 0 saturated heterocycles.